The summed E-state index contributed by atoms with van der Waals surface area (Å²) in [7, 11) is 0. The Hall–Kier alpha value is -2.13. The van der Waals surface area contributed by atoms with Gasteiger partial charge >= 0.3 is 0 Å². The van der Waals surface area contributed by atoms with Gasteiger partial charge in [-0.1, -0.05) is 42.5 Å². The van der Waals surface area contributed by atoms with Crippen molar-refractivity contribution in [1.29, 1.82) is 0 Å². The van der Waals surface area contributed by atoms with Gasteiger partial charge in [0.25, 0.3) is 0 Å². The van der Waals surface area contributed by atoms with Crippen LogP contribution >= 0.6 is 15.9 Å². The highest BCUT2D eigenvalue weighted by molar-refractivity contribution is 9.10. The molecule has 0 aliphatic carbocycles. The zero-order chi connectivity index (χ0) is 13.5. The van der Waals surface area contributed by atoms with Crippen molar-refractivity contribution in [2.75, 3.05) is 0 Å². The number of rotatable bonds is 1. The maximum Gasteiger partial charge on any atom is 0.106 e. The Balaban J connectivity index is 2.10. The first kappa shape index (κ1) is 11.7. The molecule has 2 heterocycles. The summed E-state index contributed by atoms with van der Waals surface area (Å²) in [6.45, 7) is 0. The lowest BCUT2D eigenvalue weighted by Crippen LogP contribution is -1.85. The normalized spacial score (nSPS) is 11.2. The first-order valence-corrected chi connectivity index (χ1v) is 7.24. The predicted octanol–water partition coefficient (Wildman–Crippen LogP) is 5.15. The van der Waals surface area contributed by atoms with Gasteiger partial charge in [0.15, 0.2) is 0 Å². The number of benzene rings is 2. The molecule has 96 valence electrons. The van der Waals surface area contributed by atoms with Crippen LogP contribution in [0.1, 0.15) is 0 Å². The van der Waals surface area contributed by atoms with Crippen LogP contribution in [0.2, 0.25) is 0 Å². The van der Waals surface area contributed by atoms with Crippen LogP contribution in [0.5, 0.6) is 0 Å². The van der Waals surface area contributed by atoms with Crippen LogP contribution < -0.4 is 0 Å². The third-order valence-corrected chi connectivity index (χ3v) is 3.97. The third kappa shape index (κ3) is 1.74. The smallest absolute Gasteiger partial charge is 0.106 e. The molecule has 1 N–H and O–H groups in total. The number of hydrogen-bond donors (Lipinski definition) is 1. The lowest BCUT2D eigenvalue weighted by Gasteiger charge is -2.03. The van der Waals surface area contributed by atoms with Gasteiger partial charge in [0, 0.05) is 21.9 Å². The van der Waals surface area contributed by atoms with Gasteiger partial charge in [-0.15, -0.1) is 0 Å². The average molecular weight is 323 g/mol. The Morgan fingerprint density at radius 3 is 2.50 bits per heavy atom. The second kappa shape index (κ2) is 4.46. The summed E-state index contributed by atoms with van der Waals surface area (Å²) in [4.78, 5) is 8.07. The minimum absolute atomic E-state index is 0.850. The van der Waals surface area contributed by atoms with Gasteiger partial charge in [-0.2, -0.15) is 0 Å². The number of hydrogen-bond acceptors (Lipinski definition) is 1. The van der Waals surface area contributed by atoms with Gasteiger partial charge in [0.05, 0.1) is 11.2 Å². The summed E-state index contributed by atoms with van der Waals surface area (Å²) in [6.07, 6.45) is 0. The molecule has 2 nitrogen and oxygen atoms in total. The molecule has 0 radical (unpaired) electrons. The van der Waals surface area contributed by atoms with Crippen molar-refractivity contribution in [3.05, 3.63) is 65.3 Å². The first-order chi connectivity index (χ1) is 9.83. The predicted molar refractivity (Wildman–Crippen MR) is 86.7 cm³/mol. The Bertz CT molecular complexity index is 924. The van der Waals surface area contributed by atoms with E-state index in [1.54, 1.807) is 0 Å². The van der Waals surface area contributed by atoms with Crippen LogP contribution in [0.3, 0.4) is 0 Å². The van der Waals surface area contributed by atoms with Crippen molar-refractivity contribution in [1.82, 2.24) is 9.97 Å². The first-order valence-electron chi connectivity index (χ1n) is 6.45. The average Bonchev–Trinajstić information content (AvgIpc) is 2.86. The number of nitrogens with one attached hydrogen (secondary N) is 1. The molecule has 20 heavy (non-hydrogen) atoms. The fourth-order valence-electron chi connectivity index (χ4n) is 2.64. The van der Waals surface area contributed by atoms with Gasteiger partial charge in [0.2, 0.25) is 0 Å². The number of H-pyrrole nitrogens is 1. The number of para-hydroxylation sites is 2. The van der Waals surface area contributed by atoms with E-state index >= 15 is 0 Å². The van der Waals surface area contributed by atoms with Crippen molar-refractivity contribution in [3.63, 3.8) is 0 Å². The Morgan fingerprint density at radius 1 is 0.800 bits per heavy atom. The zero-order valence-corrected chi connectivity index (χ0v) is 12.2. The van der Waals surface area contributed by atoms with Crippen LogP contribution in [-0.4, -0.2) is 9.97 Å². The fraction of sp³-hybridized carbons (Fsp3) is 0. The minimum atomic E-state index is 0.850. The largest absolute Gasteiger partial charge is 0.354 e. The van der Waals surface area contributed by atoms with E-state index in [0.717, 1.165) is 26.9 Å². The van der Waals surface area contributed by atoms with Gasteiger partial charge in [0.1, 0.15) is 4.60 Å². The van der Waals surface area contributed by atoms with Crippen molar-refractivity contribution in [2.45, 2.75) is 0 Å². The third-order valence-electron chi connectivity index (χ3n) is 3.53. The summed E-state index contributed by atoms with van der Waals surface area (Å²) in [5.41, 5.74) is 4.39. The standard InChI is InChI=1S/C17H11BrN2/c18-16-10-4-9-15(19-16)13-7-3-6-12-11-5-1-2-8-14(11)20-17(12)13/h1-10,20H. The molecule has 0 aliphatic heterocycles. The van der Waals surface area contributed by atoms with Crippen molar-refractivity contribution >= 4 is 37.7 Å². The summed E-state index contributed by atoms with van der Waals surface area (Å²) < 4.78 is 0.850. The molecule has 2 aromatic heterocycles. The summed E-state index contributed by atoms with van der Waals surface area (Å²) in [5.74, 6) is 0. The van der Waals surface area contributed by atoms with E-state index in [1.165, 1.54) is 10.8 Å². The molecule has 4 rings (SSSR count). The van der Waals surface area contributed by atoms with E-state index in [-0.39, 0.29) is 0 Å². The molecule has 0 atom stereocenters. The molecule has 0 saturated carbocycles. The molecular weight excluding hydrogens is 312 g/mol. The lowest BCUT2D eigenvalue weighted by atomic mass is 10.1. The number of halogens is 1. The van der Waals surface area contributed by atoms with Gasteiger partial charge in [-0.25, -0.2) is 4.98 Å². The van der Waals surface area contributed by atoms with Crippen LogP contribution in [0.15, 0.2) is 65.3 Å². The molecule has 2 aromatic carbocycles. The van der Waals surface area contributed by atoms with E-state index in [9.17, 15) is 0 Å². The van der Waals surface area contributed by atoms with E-state index in [4.69, 9.17) is 0 Å². The Morgan fingerprint density at radius 2 is 1.60 bits per heavy atom. The van der Waals surface area contributed by atoms with E-state index < -0.39 is 0 Å². The van der Waals surface area contributed by atoms with Crippen molar-refractivity contribution < 1.29 is 0 Å². The molecule has 3 heteroatoms. The number of aromatic amines is 1. The van der Waals surface area contributed by atoms with Gasteiger partial charge in [-0.05, 0) is 34.1 Å². The molecule has 0 amide bonds. The molecule has 0 aliphatic rings. The van der Waals surface area contributed by atoms with Crippen LogP contribution in [-0.2, 0) is 0 Å². The highest BCUT2D eigenvalue weighted by Gasteiger charge is 2.09. The second-order valence-corrected chi connectivity index (χ2v) is 5.56. The monoisotopic (exact) mass is 322 g/mol. The summed E-state index contributed by atoms with van der Waals surface area (Å²) >= 11 is 3.44. The number of fused-ring (bicyclic) bond motifs is 3. The molecule has 0 unspecified atom stereocenters. The quantitative estimate of drug-likeness (QED) is 0.482. The van der Waals surface area contributed by atoms with Crippen LogP contribution in [0.4, 0.5) is 0 Å². The molecule has 0 bridgehead atoms. The van der Waals surface area contributed by atoms with Crippen molar-refractivity contribution in [3.8, 4) is 11.3 Å². The maximum atomic E-state index is 4.56. The highest BCUT2D eigenvalue weighted by atomic mass is 79.9. The van der Waals surface area contributed by atoms with E-state index in [2.05, 4.69) is 68.4 Å². The van der Waals surface area contributed by atoms with Gasteiger partial charge in [-0.3, -0.25) is 0 Å². The van der Waals surface area contributed by atoms with Crippen LogP contribution in [0, 0.1) is 0 Å². The van der Waals surface area contributed by atoms with Crippen LogP contribution in [0.25, 0.3) is 33.1 Å². The summed E-state index contributed by atoms with van der Waals surface area (Å²) in [5, 5.41) is 2.49. The molecule has 4 aromatic rings. The Kier molecular flexibility index (Phi) is 2.60. The van der Waals surface area contributed by atoms with Crippen molar-refractivity contribution in [2.24, 2.45) is 0 Å². The highest BCUT2D eigenvalue weighted by Crippen LogP contribution is 2.32. The summed E-state index contributed by atoms with van der Waals surface area (Å²) in [6, 6.07) is 20.7. The Labute approximate surface area is 124 Å². The second-order valence-electron chi connectivity index (χ2n) is 4.74. The fourth-order valence-corrected chi connectivity index (χ4v) is 2.99. The molecule has 0 fully saturated rings. The molecule has 0 saturated heterocycles. The van der Waals surface area contributed by atoms with E-state index in [0.29, 0.717) is 0 Å². The lowest BCUT2D eigenvalue weighted by molar-refractivity contribution is 1.28. The van der Waals surface area contributed by atoms with Gasteiger partial charge < -0.3 is 4.98 Å². The molecule has 0 spiro atoms. The molecular formula is C17H11BrN2. The van der Waals surface area contributed by atoms with E-state index in [1.807, 2.05) is 18.2 Å². The number of pyridine rings is 1. The SMILES string of the molecule is Brc1cccc(-c2cccc3c2[nH]c2ccccc23)n1. The topological polar surface area (TPSA) is 28.7 Å². The zero-order valence-electron chi connectivity index (χ0n) is 10.6. The maximum absolute atomic E-state index is 4.56. The number of nitrogens with zero attached hydrogens (tertiary/aromatic N) is 1. The number of aromatic nitrogens is 2. The minimum Gasteiger partial charge on any atom is -0.354 e.